The third-order valence-electron chi connectivity index (χ3n) is 4.55. The topological polar surface area (TPSA) is 92.4 Å². The highest BCUT2D eigenvalue weighted by Gasteiger charge is 2.27. The van der Waals surface area contributed by atoms with Crippen LogP contribution in [0.4, 0.5) is 10.3 Å². The predicted octanol–water partition coefficient (Wildman–Crippen LogP) is 2.77. The van der Waals surface area contributed by atoms with Crippen molar-refractivity contribution in [3.63, 3.8) is 0 Å². The molecular weight excluding hydrogens is 397 g/mol. The van der Waals surface area contributed by atoms with Crippen LogP contribution < -0.4 is 4.90 Å². The van der Waals surface area contributed by atoms with Gasteiger partial charge in [-0.15, -0.1) is 0 Å². The molecule has 10 heteroatoms. The lowest BCUT2D eigenvalue weighted by Gasteiger charge is -2.20. The van der Waals surface area contributed by atoms with Crippen LogP contribution in [0, 0.1) is 19.7 Å². The largest absolute Gasteiger partial charge is 0.356 e. The van der Waals surface area contributed by atoms with E-state index in [2.05, 4.69) is 15.1 Å². The Balaban J connectivity index is 2.06. The molecule has 8 nitrogen and oxygen atoms in total. The molecule has 0 radical (unpaired) electrons. The van der Waals surface area contributed by atoms with Crippen LogP contribution in [0.15, 0.2) is 39.9 Å². The Bertz CT molecular complexity index is 1140. The lowest BCUT2D eigenvalue weighted by atomic mass is 10.1. The van der Waals surface area contributed by atoms with Crippen LogP contribution in [0.25, 0.3) is 11.3 Å². The van der Waals surface area contributed by atoms with Gasteiger partial charge in [0.05, 0.1) is 23.5 Å². The van der Waals surface area contributed by atoms with E-state index >= 15 is 0 Å². The fraction of sp³-hybridized carbons (Fsp3) is 0.316. The molecule has 0 saturated carbocycles. The molecule has 0 fully saturated rings. The quantitative estimate of drug-likeness (QED) is 0.607. The van der Waals surface area contributed by atoms with Crippen molar-refractivity contribution in [1.82, 2.24) is 19.4 Å². The highest BCUT2D eigenvalue weighted by Crippen LogP contribution is 2.30. The summed E-state index contributed by atoms with van der Waals surface area (Å²) in [5, 5.41) is 3.96. The summed E-state index contributed by atoms with van der Waals surface area (Å²) in [4.78, 5) is 10.1. The molecule has 0 aliphatic carbocycles. The standard InChI is InChI=1S/C19H22FN5O3S/c1-12-13(2)23-28-18(12)14-10-21-19(24(3)4)22-16(14)11-25(5)29(26,27)17-9-7-6-8-15(17)20/h6-10H,11H2,1-5H3. The summed E-state index contributed by atoms with van der Waals surface area (Å²) in [5.74, 6) is 0.0757. The number of hydrogen-bond donors (Lipinski definition) is 0. The minimum atomic E-state index is -4.07. The van der Waals surface area contributed by atoms with E-state index in [9.17, 15) is 12.8 Å². The molecule has 154 valence electrons. The zero-order chi connectivity index (χ0) is 21.3. The fourth-order valence-electron chi connectivity index (χ4n) is 2.72. The summed E-state index contributed by atoms with van der Waals surface area (Å²) < 4.78 is 46.3. The molecule has 2 aromatic heterocycles. The number of aromatic nitrogens is 3. The van der Waals surface area contributed by atoms with E-state index < -0.39 is 20.7 Å². The maximum absolute atomic E-state index is 14.1. The molecule has 3 aromatic rings. The van der Waals surface area contributed by atoms with Gasteiger partial charge in [-0.3, -0.25) is 0 Å². The first kappa shape index (κ1) is 20.9. The number of rotatable bonds is 6. The van der Waals surface area contributed by atoms with Gasteiger partial charge in [-0.05, 0) is 26.0 Å². The van der Waals surface area contributed by atoms with Crippen molar-refractivity contribution < 1.29 is 17.3 Å². The van der Waals surface area contributed by atoms with Crippen molar-refractivity contribution in [2.24, 2.45) is 0 Å². The molecule has 0 aliphatic rings. The number of anilines is 1. The summed E-state index contributed by atoms with van der Waals surface area (Å²) in [6.45, 7) is 3.56. The van der Waals surface area contributed by atoms with Crippen molar-refractivity contribution in [2.45, 2.75) is 25.3 Å². The number of hydrogen-bond acceptors (Lipinski definition) is 7. The van der Waals surface area contributed by atoms with Gasteiger partial charge in [-0.25, -0.2) is 22.8 Å². The van der Waals surface area contributed by atoms with Crippen molar-refractivity contribution in [3.8, 4) is 11.3 Å². The minimum absolute atomic E-state index is 0.103. The van der Waals surface area contributed by atoms with Gasteiger partial charge in [-0.1, -0.05) is 17.3 Å². The number of benzene rings is 1. The van der Waals surface area contributed by atoms with Crippen molar-refractivity contribution in [3.05, 3.63) is 53.2 Å². The number of halogens is 1. The Labute approximate surface area is 169 Å². The average Bonchev–Trinajstić information content (AvgIpc) is 3.00. The highest BCUT2D eigenvalue weighted by atomic mass is 32.2. The Morgan fingerprint density at radius 2 is 1.83 bits per heavy atom. The molecule has 2 heterocycles. The van der Waals surface area contributed by atoms with Gasteiger partial charge in [0.2, 0.25) is 16.0 Å². The van der Waals surface area contributed by atoms with Gasteiger partial charge in [0.25, 0.3) is 0 Å². The van der Waals surface area contributed by atoms with Crippen LogP contribution in [0.1, 0.15) is 17.0 Å². The van der Waals surface area contributed by atoms with Gasteiger partial charge in [-0.2, -0.15) is 4.31 Å². The van der Waals surface area contributed by atoms with E-state index in [1.807, 2.05) is 13.8 Å². The summed E-state index contributed by atoms with van der Waals surface area (Å²) in [5.41, 5.74) is 2.48. The molecule has 0 amide bonds. The van der Waals surface area contributed by atoms with Crippen molar-refractivity contribution >= 4 is 16.0 Å². The summed E-state index contributed by atoms with van der Waals surface area (Å²) in [6.07, 6.45) is 1.58. The molecule has 0 aliphatic heterocycles. The lowest BCUT2D eigenvalue weighted by Crippen LogP contribution is -2.28. The van der Waals surface area contributed by atoms with Crippen molar-refractivity contribution in [1.29, 1.82) is 0 Å². The second kappa shape index (κ2) is 7.88. The molecule has 0 unspecified atom stereocenters. The monoisotopic (exact) mass is 419 g/mol. The SMILES string of the molecule is Cc1noc(-c2cnc(N(C)C)nc2CN(C)S(=O)(=O)c2ccccc2F)c1C. The van der Waals surface area contributed by atoms with E-state index in [1.54, 1.807) is 25.2 Å². The molecule has 3 rings (SSSR count). The molecule has 0 spiro atoms. The van der Waals surface area contributed by atoms with Gasteiger partial charge in [0.1, 0.15) is 10.7 Å². The van der Waals surface area contributed by atoms with E-state index in [0.29, 0.717) is 23.0 Å². The van der Waals surface area contributed by atoms with E-state index in [1.165, 1.54) is 25.2 Å². The van der Waals surface area contributed by atoms with Crippen molar-refractivity contribution in [2.75, 3.05) is 26.0 Å². The summed E-state index contributed by atoms with van der Waals surface area (Å²) in [6, 6.07) is 5.26. The molecule has 1 aromatic carbocycles. The average molecular weight is 419 g/mol. The van der Waals surface area contributed by atoms with Gasteiger partial charge in [0.15, 0.2) is 5.76 Å². The Hall–Kier alpha value is -2.85. The zero-order valence-electron chi connectivity index (χ0n) is 16.8. The molecule has 0 N–H and O–H groups in total. The van der Waals surface area contributed by atoms with E-state index in [0.717, 1.165) is 21.6 Å². The second-order valence-electron chi connectivity index (χ2n) is 6.84. The molecule has 0 bridgehead atoms. The second-order valence-corrected chi connectivity index (χ2v) is 8.85. The fourth-order valence-corrected chi connectivity index (χ4v) is 3.91. The number of aryl methyl sites for hydroxylation is 1. The predicted molar refractivity (Wildman–Crippen MR) is 106 cm³/mol. The minimum Gasteiger partial charge on any atom is -0.356 e. The van der Waals surface area contributed by atoms with Crippen LogP contribution >= 0.6 is 0 Å². The van der Waals surface area contributed by atoms with Crippen LogP contribution in [-0.4, -0.2) is 49.0 Å². The smallest absolute Gasteiger partial charge is 0.246 e. The maximum atomic E-state index is 14.1. The van der Waals surface area contributed by atoms with Gasteiger partial charge >= 0.3 is 0 Å². The lowest BCUT2D eigenvalue weighted by molar-refractivity contribution is 0.423. The maximum Gasteiger partial charge on any atom is 0.246 e. The van der Waals surface area contributed by atoms with Crippen LogP contribution in [-0.2, 0) is 16.6 Å². The van der Waals surface area contributed by atoms with E-state index in [-0.39, 0.29) is 6.54 Å². The number of sulfonamides is 1. The van der Waals surface area contributed by atoms with Gasteiger partial charge in [0, 0.05) is 32.9 Å². The molecule has 0 saturated heterocycles. The van der Waals surface area contributed by atoms with Crippen LogP contribution in [0.2, 0.25) is 0 Å². The Morgan fingerprint density at radius 3 is 2.41 bits per heavy atom. The molecule has 29 heavy (non-hydrogen) atoms. The Kier molecular flexibility index (Phi) is 5.67. The molecule has 0 atom stereocenters. The first-order valence-corrected chi connectivity index (χ1v) is 10.2. The highest BCUT2D eigenvalue weighted by molar-refractivity contribution is 7.89. The first-order chi connectivity index (χ1) is 13.6. The molecular formula is C19H22FN5O3S. The van der Waals surface area contributed by atoms with Crippen LogP contribution in [0.3, 0.4) is 0 Å². The first-order valence-electron chi connectivity index (χ1n) is 8.80. The normalized spacial score (nSPS) is 11.8. The number of nitrogens with zero attached hydrogens (tertiary/aromatic N) is 5. The zero-order valence-corrected chi connectivity index (χ0v) is 17.7. The summed E-state index contributed by atoms with van der Waals surface area (Å²) >= 11 is 0. The third-order valence-corrected chi connectivity index (χ3v) is 6.39. The van der Waals surface area contributed by atoms with Crippen LogP contribution in [0.5, 0.6) is 0 Å². The van der Waals surface area contributed by atoms with E-state index in [4.69, 9.17) is 4.52 Å². The third kappa shape index (κ3) is 3.99. The summed E-state index contributed by atoms with van der Waals surface area (Å²) in [7, 11) is 0.870. The Morgan fingerprint density at radius 1 is 1.14 bits per heavy atom. The van der Waals surface area contributed by atoms with Gasteiger partial charge < -0.3 is 9.42 Å².